The second-order valence-electron chi connectivity index (χ2n) is 8.19. The van der Waals surface area contributed by atoms with E-state index in [4.69, 9.17) is 38.7 Å². The standard InChI is InChI=1S/C25H29Cl2N7O/c1-3-29-14-15-12-16(9-11-22(15)35-2)30-23-18-6-4-5-7-21(18)32-25(33-23)34-24(28)31-17-8-10-19(26)20(27)13-17/h8-13,29H,3-7,14H2,1-2H3,(H4,28,30,31,32,33,34). The summed E-state index contributed by atoms with van der Waals surface area (Å²) in [5, 5.41) is 10.7. The number of rotatable bonds is 8. The van der Waals surface area contributed by atoms with Crippen molar-refractivity contribution < 1.29 is 4.74 Å². The molecule has 0 saturated carbocycles. The van der Waals surface area contributed by atoms with Crippen LogP contribution in [0.4, 0.5) is 23.1 Å². The van der Waals surface area contributed by atoms with Crippen LogP contribution in [0.1, 0.15) is 36.6 Å². The summed E-state index contributed by atoms with van der Waals surface area (Å²) in [5.74, 6) is 2.03. The molecule has 0 saturated heterocycles. The minimum atomic E-state index is 0.155. The van der Waals surface area contributed by atoms with Gasteiger partial charge in [0.25, 0.3) is 5.95 Å². The fourth-order valence-corrected chi connectivity index (χ4v) is 4.28. The third-order valence-electron chi connectivity index (χ3n) is 5.69. The number of nitrogens with zero attached hydrogens (tertiary/aromatic N) is 3. The molecule has 4 rings (SSSR count). The Morgan fingerprint density at radius 1 is 1.06 bits per heavy atom. The lowest BCUT2D eigenvalue weighted by Crippen LogP contribution is -2.22. The summed E-state index contributed by atoms with van der Waals surface area (Å²) in [4.78, 5) is 13.8. The summed E-state index contributed by atoms with van der Waals surface area (Å²) in [6.07, 6.45) is 3.98. The third kappa shape index (κ3) is 6.33. The number of aromatic nitrogens is 2. The summed E-state index contributed by atoms with van der Waals surface area (Å²) in [7, 11) is 1.68. The lowest BCUT2D eigenvalue weighted by molar-refractivity contribution is 0.408. The highest BCUT2D eigenvalue weighted by molar-refractivity contribution is 6.42. The van der Waals surface area contributed by atoms with Gasteiger partial charge < -0.3 is 26.4 Å². The number of hydrogen-bond donors (Lipinski definition) is 4. The summed E-state index contributed by atoms with van der Waals surface area (Å²) in [6, 6.07) is 11.2. The molecule has 0 aliphatic heterocycles. The number of aryl methyl sites for hydroxylation is 1. The van der Waals surface area contributed by atoms with E-state index in [1.165, 1.54) is 0 Å². The molecule has 1 aromatic heterocycles. The third-order valence-corrected chi connectivity index (χ3v) is 6.43. The van der Waals surface area contributed by atoms with E-state index in [9.17, 15) is 0 Å². The Labute approximate surface area is 215 Å². The molecule has 35 heavy (non-hydrogen) atoms. The van der Waals surface area contributed by atoms with E-state index in [-0.39, 0.29) is 5.96 Å². The van der Waals surface area contributed by atoms with Gasteiger partial charge in [-0.25, -0.2) is 4.98 Å². The number of guanidine groups is 1. The second-order valence-corrected chi connectivity index (χ2v) is 9.00. The molecule has 10 heteroatoms. The lowest BCUT2D eigenvalue weighted by Gasteiger charge is -2.20. The molecule has 8 nitrogen and oxygen atoms in total. The summed E-state index contributed by atoms with van der Waals surface area (Å²) in [6.45, 7) is 3.66. The van der Waals surface area contributed by atoms with E-state index >= 15 is 0 Å². The first-order valence-corrected chi connectivity index (χ1v) is 12.3. The summed E-state index contributed by atoms with van der Waals surface area (Å²) in [5.41, 5.74) is 10.9. The Morgan fingerprint density at radius 3 is 2.63 bits per heavy atom. The van der Waals surface area contributed by atoms with Crippen molar-refractivity contribution in [1.29, 1.82) is 0 Å². The molecule has 0 bridgehead atoms. The summed E-state index contributed by atoms with van der Waals surface area (Å²) >= 11 is 12.1. The van der Waals surface area contributed by atoms with Crippen molar-refractivity contribution in [2.75, 3.05) is 24.3 Å². The van der Waals surface area contributed by atoms with Crippen LogP contribution in [-0.4, -0.2) is 29.6 Å². The number of aliphatic imine (C=N–C) groups is 1. The molecule has 3 aromatic rings. The van der Waals surface area contributed by atoms with Gasteiger partial charge in [0.05, 0.1) is 22.8 Å². The number of fused-ring (bicyclic) bond motifs is 1. The molecular formula is C25H29Cl2N7O. The van der Waals surface area contributed by atoms with Gasteiger partial charge in [-0.05, 0) is 68.6 Å². The Morgan fingerprint density at radius 2 is 1.86 bits per heavy atom. The molecule has 5 N–H and O–H groups in total. The number of benzene rings is 2. The van der Waals surface area contributed by atoms with E-state index in [1.807, 2.05) is 12.1 Å². The van der Waals surface area contributed by atoms with Crippen LogP contribution in [0.5, 0.6) is 5.75 Å². The number of methoxy groups -OCH3 is 1. The fraction of sp³-hybridized carbons (Fsp3) is 0.320. The van der Waals surface area contributed by atoms with Crippen LogP contribution in [-0.2, 0) is 19.4 Å². The molecule has 2 aromatic carbocycles. The first-order valence-electron chi connectivity index (χ1n) is 11.6. The van der Waals surface area contributed by atoms with Gasteiger partial charge in [-0.3, -0.25) is 0 Å². The smallest absolute Gasteiger partial charge is 0.254 e. The van der Waals surface area contributed by atoms with Crippen molar-refractivity contribution in [3.63, 3.8) is 0 Å². The van der Waals surface area contributed by atoms with Gasteiger partial charge in [0.15, 0.2) is 0 Å². The maximum Gasteiger partial charge on any atom is 0.254 e. The Balaban J connectivity index is 1.62. The quantitative estimate of drug-likeness (QED) is 0.229. The Hall–Kier alpha value is -3.07. The summed E-state index contributed by atoms with van der Waals surface area (Å²) < 4.78 is 5.52. The highest BCUT2D eigenvalue weighted by atomic mass is 35.5. The average Bonchev–Trinajstić information content (AvgIpc) is 2.85. The monoisotopic (exact) mass is 513 g/mol. The normalized spacial score (nSPS) is 13.3. The molecule has 184 valence electrons. The van der Waals surface area contributed by atoms with E-state index in [0.29, 0.717) is 28.2 Å². The predicted molar refractivity (Wildman–Crippen MR) is 144 cm³/mol. The fourth-order valence-electron chi connectivity index (χ4n) is 3.98. The molecule has 1 heterocycles. The number of nitrogens with two attached hydrogens (primary N) is 1. The number of halogens is 2. The molecular weight excluding hydrogens is 485 g/mol. The topological polar surface area (TPSA) is 109 Å². The van der Waals surface area contributed by atoms with Gasteiger partial charge in [0, 0.05) is 29.0 Å². The van der Waals surface area contributed by atoms with Gasteiger partial charge >= 0.3 is 0 Å². The molecule has 0 spiro atoms. The van der Waals surface area contributed by atoms with E-state index in [2.05, 4.69) is 38.9 Å². The van der Waals surface area contributed by atoms with Crippen molar-refractivity contribution in [2.24, 2.45) is 10.7 Å². The van der Waals surface area contributed by atoms with Crippen molar-refractivity contribution in [1.82, 2.24) is 15.3 Å². The minimum absolute atomic E-state index is 0.155. The highest BCUT2D eigenvalue weighted by Gasteiger charge is 2.19. The van der Waals surface area contributed by atoms with Gasteiger partial charge in [-0.2, -0.15) is 9.98 Å². The molecule has 1 aliphatic rings. The van der Waals surface area contributed by atoms with Crippen LogP contribution < -0.4 is 26.4 Å². The maximum atomic E-state index is 6.14. The van der Waals surface area contributed by atoms with Crippen molar-refractivity contribution in [3.8, 4) is 5.75 Å². The average molecular weight is 514 g/mol. The number of ether oxygens (including phenoxy) is 1. The van der Waals surface area contributed by atoms with Crippen LogP contribution in [0.2, 0.25) is 10.0 Å². The van der Waals surface area contributed by atoms with Crippen molar-refractivity contribution in [2.45, 2.75) is 39.2 Å². The minimum Gasteiger partial charge on any atom is -0.496 e. The molecule has 0 radical (unpaired) electrons. The van der Waals surface area contributed by atoms with E-state index < -0.39 is 0 Å². The molecule has 0 unspecified atom stereocenters. The first kappa shape index (κ1) is 25.0. The number of hydrogen-bond acceptors (Lipinski definition) is 6. The SMILES string of the molecule is CCNCc1cc(Nc2nc(/N=C(\N)Nc3ccc(Cl)c(Cl)c3)nc3c2CCCC3)ccc1OC. The largest absolute Gasteiger partial charge is 0.496 e. The van der Waals surface area contributed by atoms with E-state index in [0.717, 1.165) is 66.3 Å². The van der Waals surface area contributed by atoms with Crippen molar-refractivity contribution >= 4 is 52.3 Å². The predicted octanol–water partition coefficient (Wildman–Crippen LogP) is 5.58. The Bertz CT molecular complexity index is 1230. The lowest BCUT2D eigenvalue weighted by atomic mass is 9.96. The number of nitrogens with one attached hydrogen (secondary N) is 3. The van der Waals surface area contributed by atoms with Gasteiger partial charge in [-0.15, -0.1) is 0 Å². The molecule has 0 amide bonds. The van der Waals surface area contributed by atoms with Gasteiger partial charge in [0.1, 0.15) is 11.6 Å². The van der Waals surface area contributed by atoms with Crippen LogP contribution in [0.3, 0.4) is 0 Å². The Kier molecular flexibility index (Phi) is 8.28. The molecule has 0 fully saturated rings. The van der Waals surface area contributed by atoms with Crippen LogP contribution in [0, 0.1) is 0 Å². The van der Waals surface area contributed by atoms with Gasteiger partial charge in [-0.1, -0.05) is 30.1 Å². The maximum absolute atomic E-state index is 6.14. The van der Waals surface area contributed by atoms with Crippen LogP contribution in [0.15, 0.2) is 41.4 Å². The zero-order valence-corrected chi connectivity index (χ0v) is 21.3. The van der Waals surface area contributed by atoms with E-state index in [1.54, 1.807) is 25.3 Å². The van der Waals surface area contributed by atoms with Crippen LogP contribution in [0.25, 0.3) is 0 Å². The molecule has 1 aliphatic carbocycles. The van der Waals surface area contributed by atoms with Crippen LogP contribution >= 0.6 is 23.2 Å². The number of anilines is 3. The zero-order chi connectivity index (χ0) is 24.8. The highest BCUT2D eigenvalue weighted by Crippen LogP contribution is 2.31. The first-order chi connectivity index (χ1) is 17.0. The second kappa shape index (κ2) is 11.6. The molecule has 0 atom stereocenters. The zero-order valence-electron chi connectivity index (χ0n) is 19.8. The van der Waals surface area contributed by atoms with Gasteiger partial charge in [0.2, 0.25) is 5.96 Å². The van der Waals surface area contributed by atoms with Crippen molar-refractivity contribution in [3.05, 3.63) is 63.3 Å².